The average molecular weight is 292 g/mol. The molecule has 0 saturated carbocycles. The number of nitrogens with two attached hydrogens (primary N) is 1. The number of hydrogen-bond acceptors (Lipinski definition) is 4. The Kier molecular flexibility index (Phi) is 6.88. The molecule has 1 rings (SSSR count). The van der Waals surface area contributed by atoms with Crippen molar-refractivity contribution < 1.29 is 14.3 Å². The zero-order chi connectivity index (χ0) is 15.8. The Morgan fingerprint density at radius 2 is 1.90 bits per heavy atom. The molecule has 0 heterocycles. The van der Waals surface area contributed by atoms with E-state index in [0.717, 1.165) is 5.56 Å². The van der Waals surface area contributed by atoms with Crippen LogP contribution in [0.3, 0.4) is 0 Å². The molecule has 0 aliphatic carbocycles. The molecule has 0 aromatic heterocycles. The predicted molar refractivity (Wildman–Crippen MR) is 81.6 cm³/mol. The van der Waals surface area contributed by atoms with Gasteiger partial charge in [0, 0.05) is 19.6 Å². The zero-order valence-corrected chi connectivity index (χ0v) is 12.9. The summed E-state index contributed by atoms with van der Waals surface area (Å²) >= 11 is 0. The molecule has 5 heteroatoms. The first kappa shape index (κ1) is 17.2. The van der Waals surface area contributed by atoms with Crippen LogP contribution in [0.1, 0.15) is 18.9 Å². The van der Waals surface area contributed by atoms with Crippen LogP contribution in [-0.4, -0.2) is 43.5 Å². The standard InChI is InChI=1S/C16H24N2O3/c1-12(11-17)18(2)16(20)14(10-15(19)21-3)9-13-7-5-4-6-8-13/h4-8,12,14H,9-11,17H2,1-3H3/t12-,14+/m0/s1. The molecule has 0 aliphatic rings. The van der Waals surface area contributed by atoms with Gasteiger partial charge in [-0.1, -0.05) is 30.3 Å². The summed E-state index contributed by atoms with van der Waals surface area (Å²) in [7, 11) is 3.05. The molecule has 0 aliphatic heterocycles. The van der Waals surface area contributed by atoms with E-state index in [1.165, 1.54) is 7.11 Å². The maximum Gasteiger partial charge on any atom is 0.306 e. The van der Waals surface area contributed by atoms with Gasteiger partial charge in [-0.3, -0.25) is 9.59 Å². The second-order valence-electron chi connectivity index (χ2n) is 5.20. The fourth-order valence-corrected chi connectivity index (χ4v) is 2.09. The summed E-state index contributed by atoms with van der Waals surface area (Å²) in [5, 5.41) is 0. The van der Waals surface area contributed by atoms with E-state index in [4.69, 9.17) is 10.5 Å². The van der Waals surface area contributed by atoms with Gasteiger partial charge in [0.1, 0.15) is 0 Å². The monoisotopic (exact) mass is 292 g/mol. The third-order valence-electron chi connectivity index (χ3n) is 3.66. The molecule has 0 fully saturated rings. The highest BCUT2D eigenvalue weighted by Gasteiger charge is 2.27. The largest absolute Gasteiger partial charge is 0.469 e. The van der Waals surface area contributed by atoms with Gasteiger partial charge in [0.2, 0.25) is 5.91 Å². The highest BCUT2D eigenvalue weighted by molar-refractivity contribution is 5.84. The quantitative estimate of drug-likeness (QED) is 0.767. The first-order valence-corrected chi connectivity index (χ1v) is 7.07. The maximum absolute atomic E-state index is 12.6. The lowest BCUT2D eigenvalue weighted by Gasteiger charge is -2.28. The molecular weight excluding hydrogens is 268 g/mol. The van der Waals surface area contributed by atoms with Crippen molar-refractivity contribution in [3.63, 3.8) is 0 Å². The van der Waals surface area contributed by atoms with Crippen molar-refractivity contribution in [2.24, 2.45) is 11.7 Å². The first-order valence-electron chi connectivity index (χ1n) is 7.07. The van der Waals surface area contributed by atoms with Crippen molar-refractivity contribution in [1.29, 1.82) is 0 Å². The molecule has 0 radical (unpaired) electrons. The molecule has 2 N–H and O–H groups in total. The van der Waals surface area contributed by atoms with Gasteiger partial charge < -0.3 is 15.4 Å². The number of benzene rings is 1. The minimum atomic E-state index is -0.432. The minimum absolute atomic E-state index is 0.0616. The van der Waals surface area contributed by atoms with Crippen molar-refractivity contribution in [3.8, 4) is 0 Å². The fraction of sp³-hybridized carbons (Fsp3) is 0.500. The number of esters is 1. The van der Waals surface area contributed by atoms with Gasteiger partial charge in [-0.15, -0.1) is 0 Å². The van der Waals surface area contributed by atoms with E-state index in [9.17, 15) is 9.59 Å². The zero-order valence-electron chi connectivity index (χ0n) is 12.9. The molecule has 0 bridgehead atoms. The summed E-state index contributed by atoms with van der Waals surface area (Å²) in [6.07, 6.45) is 0.586. The van der Waals surface area contributed by atoms with E-state index in [1.54, 1.807) is 11.9 Å². The van der Waals surface area contributed by atoms with E-state index in [-0.39, 0.29) is 24.3 Å². The molecule has 1 amide bonds. The highest BCUT2D eigenvalue weighted by atomic mass is 16.5. The third kappa shape index (κ3) is 5.19. The molecule has 0 saturated heterocycles. The van der Waals surface area contributed by atoms with Crippen LogP contribution in [0.2, 0.25) is 0 Å². The second-order valence-corrected chi connectivity index (χ2v) is 5.20. The van der Waals surface area contributed by atoms with Crippen LogP contribution in [0.15, 0.2) is 30.3 Å². The van der Waals surface area contributed by atoms with Crippen LogP contribution in [0, 0.1) is 5.92 Å². The molecule has 5 nitrogen and oxygen atoms in total. The fourth-order valence-electron chi connectivity index (χ4n) is 2.09. The number of likely N-dealkylation sites (N-methyl/N-ethyl adjacent to an activating group) is 1. The van der Waals surface area contributed by atoms with Gasteiger partial charge in [0.25, 0.3) is 0 Å². The lowest BCUT2D eigenvalue weighted by atomic mass is 9.94. The Balaban J connectivity index is 2.86. The van der Waals surface area contributed by atoms with Gasteiger partial charge in [0.05, 0.1) is 19.4 Å². The van der Waals surface area contributed by atoms with Crippen molar-refractivity contribution >= 4 is 11.9 Å². The van der Waals surface area contributed by atoms with E-state index in [2.05, 4.69) is 0 Å². The lowest BCUT2D eigenvalue weighted by molar-refractivity contribution is -0.147. The van der Waals surface area contributed by atoms with Crippen LogP contribution >= 0.6 is 0 Å². The number of methoxy groups -OCH3 is 1. The van der Waals surface area contributed by atoms with E-state index >= 15 is 0 Å². The molecule has 0 unspecified atom stereocenters. The number of rotatable bonds is 7. The van der Waals surface area contributed by atoms with Crippen molar-refractivity contribution in [2.45, 2.75) is 25.8 Å². The van der Waals surface area contributed by atoms with Crippen molar-refractivity contribution in [1.82, 2.24) is 4.90 Å². The smallest absolute Gasteiger partial charge is 0.306 e. The molecule has 1 aromatic rings. The van der Waals surface area contributed by atoms with Crippen LogP contribution in [-0.2, 0) is 20.7 Å². The highest BCUT2D eigenvalue weighted by Crippen LogP contribution is 2.17. The minimum Gasteiger partial charge on any atom is -0.469 e. The van der Waals surface area contributed by atoms with Gasteiger partial charge >= 0.3 is 5.97 Å². The Hall–Kier alpha value is -1.88. The van der Waals surface area contributed by atoms with Crippen LogP contribution in [0.4, 0.5) is 0 Å². The predicted octanol–water partition coefficient (Wildman–Crippen LogP) is 1.21. The van der Waals surface area contributed by atoms with Crippen LogP contribution in [0.5, 0.6) is 0 Å². The summed E-state index contributed by atoms with van der Waals surface area (Å²) in [5.74, 6) is -0.890. The Morgan fingerprint density at radius 3 is 2.43 bits per heavy atom. The summed E-state index contributed by atoms with van der Waals surface area (Å²) in [4.78, 5) is 25.7. The number of carbonyl (C=O) groups excluding carboxylic acids is 2. The number of carbonyl (C=O) groups is 2. The number of hydrogen-bond donors (Lipinski definition) is 1. The molecule has 116 valence electrons. The number of ether oxygens (including phenoxy) is 1. The number of amides is 1. The molecule has 1 aromatic carbocycles. The summed E-state index contributed by atoms with van der Waals surface area (Å²) in [5.41, 5.74) is 6.63. The topological polar surface area (TPSA) is 72.6 Å². The van der Waals surface area contributed by atoms with E-state index in [1.807, 2.05) is 37.3 Å². The van der Waals surface area contributed by atoms with Crippen molar-refractivity contribution in [2.75, 3.05) is 20.7 Å². The second kappa shape index (κ2) is 8.42. The molecule has 0 spiro atoms. The Morgan fingerprint density at radius 1 is 1.29 bits per heavy atom. The normalized spacial score (nSPS) is 13.3. The Bertz CT molecular complexity index is 462. The summed E-state index contributed by atoms with van der Waals surface area (Å²) in [6.45, 7) is 2.27. The molecule has 2 atom stereocenters. The van der Waals surface area contributed by atoms with Crippen molar-refractivity contribution in [3.05, 3.63) is 35.9 Å². The summed E-state index contributed by atoms with van der Waals surface area (Å²) in [6, 6.07) is 9.59. The molecule has 21 heavy (non-hydrogen) atoms. The van der Waals surface area contributed by atoms with E-state index in [0.29, 0.717) is 13.0 Å². The average Bonchev–Trinajstić information content (AvgIpc) is 2.52. The Labute approximate surface area is 126 Å². The van der Waals surface area contributed by atoms with Gasteiger partial charge in [0.15, 0.2) is 0 Å². The summed E-state index contributed by atoms with van der Waals surface area (Å²) < 4.78 is 4.70. The molecular formula is C16H24N2O3. The lowest BCUT2D eigenvalue weighted by Crippen LogP contribution is -2.43. The van der Waals surface area contributed by atoms with Crippen LogP contribution in [0.25, 0.3) is 0 Å². The van der Waals surface area contributed by atoms with Gasteiger partial charge in [-0.05, 0) is 18.9 Å². The van der Waals surface area contributed by atoms with E-state index < -0.39 is 5.92 Å². The third-order valence-corrected chi connectivity index (χ3v) is 3.66. The van der Waals surface area contributed by atoms with Gasteiger partial charge in [-0.2, -0.15) is 0 Å². The van der Waals surface area contributed by atoms with Crippen LogP contribution < -0.4 is 5.73 Å². The maximum atomic E-state index is 12.6. The number of nitrogens with zero attached hydrogens (tertiary/aromatic N) is 1. The van der Waals surface area contributed by atoms with Gasteiger partial charge in [-0.25, -0.2) is 0 Å². The first-order chi connectivity index (χ1) is 9.99. The SMILES string of the molecule is COC(=O)C[C@@H](Cc1ccccc1)C(=O)N(C)[C@@H](C)CN.